The molecular formula is C33H33N5O4S. The normalized spacial score (nSPS) is 14.7. The summed E-state index contributed by atoms with van der Waals surface area (Å²) in [6, 6.07) is 17.9. The van der Waals surface area contributed by atoms with E-state index in [1.807, 2.05) is 20.0 Å². The molecule has 0 aliphatic carbocycles. The predicted octanol–water partition coefficient (Wildman–Crippen LogP) is 6.56. The molecule has 43 heavy (non-hydrogen) atoms. The summed E-state index contributed by atoms with van der Waals surface area (Å²) >= 11 is 0. The Balaban J connectivity index is 1.55. The molecule has 0 bridgehead atoms. The molecule has 6 aromatic rings. The van der Waals surface area contributed by atoms with E-state index in [1.54, 1.807) is 18.2 Å². The second kappa shape index (κ2) is 10.5. The average Bonchev–Trinajstić information content (AvgIpc) is 3.70. The van der Waals surface area contributed by atoms with Crippen molar-refractivity contribution in [3.05, 3.63) is 83.4 Å². The van der Waals surface area contributed by atoms with Crippen molar-refractivity contribution >= 4 is 32.0 Å². The van der Waals surface area contributed by atoms with Crippen LogP contribution in [-0.4, -0.2) is 48.4 Å². The first kappa shape index (κ1) is 27.6. The third-order valence-corrected chi connectivity index (χ3v) is 9.91. The molecule has 3 aromatic heterocycles. The number of aromatic amines is 1. The molecule has 220 valence electrons. The van der Waals surface area contributed by atoms with Crippen LogP contribution in [0.15, 0.2) is 70.2 Å². The highest BCUT2D eigenvalue weighted by Crippen LogP contribution is 2.39. The maximum absolute atomic E-state index is 12.9. The van der Waals surface area contributed by atoms with E-state index in [0.717, 1.165) is 82.2 Å². The van der Waals surface area contributed by atoms with Crippen LogP contribution in [0.1, 0.15) is 41.3 Å². The number of imidazole rings is 1. The number of nitrogens with one attached hydrogen (secondary N) is 2. The van der Waals surface area contributed by atoms with E-state index in [-0.39, 0.29) is 4.90 Å². The molecule has 2 N–H and O–H groups in total. The lowest BCUT2D eigenvalue weighted by Gasteiger charge is -2.24. The number of sulfonamides is 1. The van der Waals surface area contributed by atoms with Crippen molar-refractivity contribution in [2.45, 2.75) is 44.4 Å². The number of ether oxygens (including phenoxy) is 1. The monoisotopic (exact) mass is 595 g/mol. The summed E-state index contributed by atoms with van der Waals surface area (Å²) in [5.41, 5.74) is 9.35. The maximum atomic E-state index is 12.9. The van der Waals surface area contributed by atoms with Gasteiger partial charge in [-0.2, -0.15) is 0 Å². The van der Waals surface area contributed by atoms with Crippen molar-refractivity contribution in [2.75, 3.05) is 20.3 Å². The van der Waals surface area contributed by atoms with E-state index in [2.05, 4.69) is 62.8 Å². The third-order valence-electron chi connectivity index (χ3n) is 8.50. The van der Waals surface area contributed by atoms with Crippen LogP contribution in [0.2, 0.25) is 0 Å². The zero-order valence-electron chi connectivity index (χ0n) is 24.6. The van der Waals surface area contributed by atoms with Gasteiger partial charge in [0.25, 0.3) is 0 Å². The molecule has 9 nitrogen and oxygen atoms in total. The Morgan fingerprint density at radius 2 is 1.81 bits per heavy atom. The third kappa shape index (κ3) is 4.75. The zero-order valence-corrected chi connectivity index (χ0v) is 25.4. The molecule has 4 heterocycles. The number of aromatic nitrogens is 4. The summed E-state index contributed by atoms with van der Waals surface area (Å²) in [7, 11) is -2.26. The van der Waals surface area contributed by atoms with Crippen LogP contribution < -0.4 is 4.72 Å². The number of nitrogens with zero attached hydrogens (tertiary/aromatic N) is 3. The first-order valence-corrected chi connectivity index (χ1v) is 15.9. The fourth-order valence-electron chi connectivity index (χ4n) is 6.28. The number of fused-ring (bicyclic) bond motifs is 2. The summed E-state index contributed by atoms with van der Waals surface area (Å²) in [5.74, 6) is 1.79. The quantitative estimate of drug-likeness (QED) is 0.226. The van der Waals surface area contributed by atoms with Crippen molar-refractivity contribution in [1.29, 1.82) is 0 Å². The van der Waals surface area contributed by atoms with Gasteiger partial charge in [-0.3, -0.25) is 4.57 Å². The molecular weight excluding hydrogens is 562 g/mol. The Kier molecular flexibility index (Phi) is 6.72. The molecule has 0 unspecified atom stereocenters. The minimum atomic E-state index is -3.68. The zero-order chi connectivity index (χ0) is 29.9. The van der Waals surface area contributed by atoms with E-state index in [1.165, 1.54) is 12.6 Å². The summed E-state index contributed by atoms with van der Waals surface area (Å²) < 4.78 is 41.6. The Morgan fingerprint density at radius 1 is 1.00 bits per heavy atom. The number of hydrogen-bond donors (Lipinski definition) is 2. The predicted molar refractivity (Wildman–Crippen MR) is 167 cm³/mol. The minimum absolute atomic E-state index is 0.177. The number of H-pyrrole nitrogens is 1. The van der Waals surface area contributed by atoms with Gasteiger partial charge in [0, 0.05) is 47.1 Å². The molecule has 1 aliphatic heterocycles. The standard InChI is InChI=1S/C33H33N5O4S/c1-19-5-7-27-28(18-35-30(27)13-19)33-36-29-8-6-26(43(39,40)34-4)17-31(29)38(33)25-15-23(22-9-11-41-12-10-22)14-24(16-25)32-20(2)37-42-21(32)3/h5-8,13-18,22,34-35H,9-12H2,1-4H3. The lowest BCUT2D eigenvalue weighted by molar-refractivity contribution is 0.0853. The van der Waals surface area contributed by atoms with Crippen molar-refractivity contribution in [2.24, 2.45) is 0 Å². The first-order chi connectivity index (χ1) is 20.7. The maximum Gasteiger partial charge on any atom is 0.240 e. The van der Waals surface area contributed by atoms with Gasteiger partial charge in [-0.05, 0) is 99.7 Å². The molecule has 3 aromatic carbocycles. The molecule has 0 saturated carbocycles. The Morgan fingerprint density at radius 3 is 2.56 bits per heavy atom. The average molecular weight is 596 g/mol. The molecule has 1 fully saturated rings. The number of rotatable bonds is 6. The van der Waals surface area contributed by atoms with Crippen LogP contribution in [-0.2, 0) is 14.8 Å². The van der Waals surface area contributed by atoms with Gasteiger partial charge in [-0.25, -0.2) is 18.1 Å². The van der Waals surface area contributed by atoms with Gasteiger partial charge in [0.15, 0.2) is 0 Å². The van der Waals surface area contributed by atoms with E-state index < -0.39 is 10.0 Å². The van der Waals surface area contributed by atoms with Gasteiger partial charge in [0.2, 0.25) is 10.0 Å². The highest BCUT2D eigenvalue weighted by atomic mass is 32.2. The molecule has 0 radical (unpaired) electrons. The van der Waals surface area contributed by atoms with Gasteiger partial charge in [-0.1, -0.05) is 23.4 Å². The van der Waals surface area contributed by atoms with Crippen LogP contribution in [0.25, 0.3) is 50.1 Å². The molecule has 1 saturated heterocycles. The Labute approximate surface area is 249 Å². The van der Waals surface area contributed by atoms with E-state index in [9.17, 15) is 8.42 Å². The molecule has 0 amide bonds. The first-order valence-electron chi connectivity index (χ1n) is 14.4. The van der Waals surface area contributed by atoms with Gasteiger partial charge in [0.05, 0.1) is 21.6 Å². The molecule has 7 rings (SSSR count). The van der Waals surface area contributed by atoms with E-state index in [4.69, 9.17) is 14.2 Å². The number of benzene rings is 3. The molecule has 0 spiro atoms. The minimum Gasteiger partial charge on any atom is -0.381 e. The van der Waals surface area contributed by atoms with Crippen molar-refractivity contribution in [3.63, 3.8) is 0 Å². The highest BCUT2D eigenvalue weighted by molar-refractivity contribution is 7.89. The Hall–Kier alpha value is -4.25. The van der Waals surface area contributed by atoms with Crippen LogP contribution in [0.4, 0.5) is 0 Å². The second-order valence-electron chi connectivity index (χ2n) is 11.3. The fraction of sp³-hybridized carbons (Fsp3) is 0.273. The van der Waals surface area contributed by atoms with E-state index >= 15 is 0 Å². The van der Waals surface area contributed by atoms with Crippen molar-refractivity contribution in [3.8, 4) is 28.2 Å². The van der Waals surface area contributed by atoms with Crippen molar-refractivity contribution < 1.29 is 17.7 Å². The number of aryl methyl sites for hydroxylation is 3. The van der Waals surface area contributed by atoms with Crippen LogP contribution in [0, 0.1) is 20.8 Å². The number of hydrogen-bond acceptors (Lipinski definition) is 6. The summed E-state index contributed by atoms with van der Waals surface area (Å²) in [5, 5.41) is 5.27. The van der Waals surface area contributed by atoms with Crippen molar-refractivity contribution in [1.82, 2.24) is 24.4 Å². The largest absolute Gasteiger partial charge is 0.381 e. The second-order valence-corrected chi connectivity index (χ2v) is 13.2. The topological polar surface area (TPSA) is 115 Å². The smallest absolute Gasteiger partial charge is 0.240 e. The fourth-order valence-corrected chi connectivity index (χ4v) is 7.03. The highest BCUT2D eigenvalue weighted by Gasteiger charge is 2.24. The molecule has 10 heteroatoms. The summed E-state index contributed by atoms with van der Waals surface area (Å²) in [6.07, 6.45) is 3.83. The van der Waals surface area contributed by atoms with Gasteiger partial charge in [-0.15, -0.1) is 0 Å². The lowest BCUT2D eigenvalue weighted by atomic mass is 9.88. The molecule has 1 aliphatic rings. The Bertz CT molecular complexity index is 2100. The summed E-state index contributed by atoms with van der Waals surface area (Å²) in [6.45, 7) is 7.38. The van der Waals surface area contributed by atoms with Gasteiger partial charge < -0.3 is 14.2 Å². The van der Waals surface area contributed by atoms with Crippen LogP contribution >= 0.6 is 0 Å². The summed E-state index contributed by atoms with van der Waals surface area (Å²) in [4.78, 5) is 8.69. The van der Waals surface area contributed by atoms with Gasteiger partial charge in [0.1, 0.15) is 11.6 Å². The van der Waals surface area contributed by atoms with E-state index in [0.29, 0.717) is 17.0 Å². The lowest BCUT2D eigenvalue weighted by Crippen LogP contribution is -2.18. The molecule has 0 atom stereocenters. The van der Waals surface area contributed by atoms with Crippen LogP contribution in [0.3, 0.4) is 0 Å². The van der Waals surface area contributed by atoms with Crippen LogP contribution in [0.5, 0.6) is 0 Å². The van der Waals surface area contributed by atoms with Gasteiger partial charge >= 0.3 is 0 Å². The SMILES string of the molecule is CNS(=O)(=O)c1ccc2nc(-c3c[nH]c4cc(C)ccc34)n(-c3cc(-c4c(C)noc4C)cc(C4CCOCC4)c3)c2c1.